The van der Waals surface area contributed by atoms with E-state index in [1.807, 2.05) is 32.6 Å². The first kappa shape index (κ1) is 21.6. The molecule has 4 nitrogen and oxygen atoms in total. The lowest BCUT2D eigenvalue weighted by atomic mass is 9.92. The molecule has 0 bridgehead atoms. The Balaban J connectivity index is 0.00000112. The number of piperidine rings is 1. The lowest BCUT2D eigenvalue weighted by Crippen LogP contribution is -2.38. The van der Waals surface area contributed by atoms with Crippen molar-refractivity contribution in [3.8, 4) is 0 Å². The maximum Gasteiger partial charge on any atom is 0.419 e. The molecule has 2 heterocycles. The summed E-state index contributed by atoms with van der Waals surface area (Å²) in [5.41, 5.74) is -0.838. The zero-order chi connectivity index (χ0) is 18.0. The summed E-state index contributed by atoms with van der Waals surface area (Å²) in [6.07, 6.45) is -1.55. The van der Waals surface area contributed by atoms with Crippen molar-refractivity contribution in [3.05, 3.63) is 18.0 Å². The van der Waals surface area contributed by atoms with Crippen molar-refractivity contribution in [1.29, 1.82) is 0 Å². The van der Waals surface area contributed by atoms with Crippen molar-refractivity contribution in [2.75, 3.05) is 18.0 Å². The monoisotopic (exact) mass is 335 g/mol. The van der Waals surface area contributed by atoms with E-state index < -0.39 is 11.7 Å². The standard InChI is InChI=1S/C12H16F3N3O.2C2H6/c1-8(19)9-2-4-18(5-3-9)11-16-6-10(7-17-11)12(13,14)15;2*1-2/h6-9,19H,2-5H2,1H3;2*1-2H3. The highest BCUT2D eigenvalue weighted by molar-refractivity contribution is 5.31. The second-order valence-corrected chi connectivity index (χ2v) is 4.83. The summed E-state index contributed by atoms with van der Waals surface area (Å²) >= 11 is 0. The SMILES string of the molecule is CC.CC.CC(O)C1CCN(c2ncc(C(F)(F)F)cn2)CC1. The van der Waals surface area contributed by atoms with Crippen molar-refractivity contribution in [2.45, 2.75) is 59.7 Å². The molecule has 1 saturated heterocycles. The van der Waals surface area contributed by atoms with Gasteiger partial charge < -0.3 is 10.0 Å². The lowest BCUT2D eigenvalue weighted by Gasteiger charge is -2.33. The number of halogens is 3. The molecule has 1 aromatic rings. The third-order valence-corrected chi connectivity index (χ3v) is 3.47. The van der Waals surface area contributed by atoms with Gasteiger partial charge in [-0.2, -0.15) is 13.2 Å². The Bertz CT molecular complexity index is 414. The molecule has 23 heavy (non-hydrogen) atoms. The Morgan fingerprint density at radius 3 is 1.87 bits per heavy atom. The maximum atomic E-state index is 12.4. The van der Waals surface area contributed by atoms with E-state index in [1.54, 1.807) is 6.92 Å². The normalized spacial score (nSPS) is 16.7. The lowest BCUT2D eigenvalue weighted by molar-refractivity contribution is -0.138. The van der Waals surface area contributed by atoms with Crippen LogP contribution in [-0.4, -0.2) is 34.3 Å². The van der Waals surface area contributed by atoms with Gasteiger partial charge in [-0.1, -0.05) is 27.7 Å². The van der Waals surface area contributed by atoms with E-state index in [-0.39, 0.29) is 12.0 Å². The molecule has 1 unspecified atom stereocenters. The summed E-state index contributed by atoms with van der Waals surface area (Å²) in [5, 5.41) is 9.49. The first-order chi connectivity index (χ1) is 10.9. The highest BCUT2D eigenvalue weighted by Gasteiger charge is 2.32. The highest BCUT2D eigenvalue weighted by Crippen LogP contribution is 2.29. The van der Waals surface area contributed by atoms with Crippen LogP contribution in [0.3, 0.4) is 0 Å². The maximum absolute atomic E-state index is 12.4. The van der Waals surface area contributed by atoms with Crippen LogP contribution in [0.2, 0.25) is 0 Å². The minimum atomic E-state index is -4.40. The number of alkyl halides is 3. The molecule has 134 valence electrons. The van der Waals surface area contributed by atoms with Crippen LogP contribution in [0.1, 0.15) is 53.0 Å². The predicted octanol–water partition coefficient (Wildman–Crippen LogP) is 4.15. The molecule has 0 aliphatic carbocycles. The molecule has 0 amide bonds. The average molecular weight is 335 g/mol. The first-order valence-electron chi connectivity index (χ1n) is 8.20. The Morgan fingerprint density at radius 1 is 1.09 bits per heavy atom. The van der Waals surface area contributed by atoms with Crippen LogP contribution < -0.4 is 4.90 Å². The quantitative estimate of drug-likeness (QED) is 0.882. The van der Waals surface area contributed by atoms with Gasteiger partial charge in [0, 0.05) is 25.5 Å². The van der Waals surface area contributed by atoms with Crippen LogP contribution >= 0.6 is 0 Å². The number of aliphatic hydroxyl groups excluding tert-OH is 1. The molecule has 2 rings (SSSR count). The molecule has 1 N–H and O–H groups in total. The van der Waals surface area contributed by atoms with E-state index in [0.29, 0.717) is 19.0 Å². The topological polar surface area (TPSA) is 49.2 Å². The van der Waals surface area contributed by atoms with Gasteiger partial charge >= 0.3 is 6.18 Å². The number of nitrogens with zero attached hydrogens (tertiary/aromatic N) is 3. The third kappa shape index (κ3) is 6.72. The fraction of sp³-hybridized carbons (Fsp3) is 0.750. The number of rotatable bonds is 2. The number of hydrogen-bond acceptors (Lipinski definition) is 4. The Hall–Kier alpha value is -1.37. The molecule has 1 aliphatic rings. The van der Waals surface area contributed by atoms with Crippen LogP contribution in [-0.2, 0) is 6.18 Å². The zero-order valence-electron chi connectivity index (χ0n) is 14.6. The summed E-state index contributed by atoms with van der Waals surface area (Å²) in [6.45, 7) is 11.1. The molecule has 1 atom stereocenters. The number of anilines is 1. The van der Waals surface area contributed by atoms with E-state index in [9.17, 15) is 18.3 Å². The van der Waals surface area contributed by atoms with Crippen LogP contribution in [0.4, 0.5) is 19.1 Å². The van der Waals surface area contributed by atoms with Gasteiger partial charge in [0.2, 0.25) is 5.95 Å². The van der Waals surface area contributed by atoms with E-state index in [2.05, 4.69) is 9.97 Å². The van der Waals surface area contributed by atoms with Gasteiger partial charge in [-0.05, 0) is 25.7 Å². The minimum Gasteiger partial charge on any atom is -0.393 e. The molecule has 0 saturated carbocycles. The second-order valence-electron chi connectivity index (χ2n) is 4.83. The van der Waals surface area contributed by atoms with Gasteiger partial charge in [0.05, 0.1) is 11.7 Å². The summed E-state index contributed by atoms with van der Waals surface area (Å²) < 4.78 is 37.1. The Kier molecular flexibility index (Phi) is 9.79. The van der Waals surface area contributed by atoms with Gasteiger partial charge in [0.15, 0.2) is 0 Å². The summed E-state index contributed by atoms with van der Waals surface area (Å²) in [5.74, 6) is 0.558. The minimum absolute atomic E-state index is 0.241. The van der Waals surface area contributed by atoms with Crippen LogP contribution in [0.15, 0.2) is 12.4 Å². The molecular formula is C16H28F3N3O. The molecule has 1 fully saturated rings. The highest BCUT2D eigenvalue weighted by atomic mass is 19.4. The van der Waals surface area contributed by atoms with Gasteiger partial charge in [0.25, 0.3) is 0 Å². The van der Waals surface area contributed by atoms with Crippen molar-refractivity contribution in [1.82, 2.24) is 9.97 Å². The fourth-order valence-corrected chi connectivity index (χ4v) is 2.21. The van der Waals surface area contributed by atoms with E-state index in [0.717, 1.165) is 25.2 Å². The zero-order valence-corrected chi connectivity index (χ0v) is 14.6. The molecule has 1 aliphatic heterocycles. The Labute approximate surface area is 136 Å². The molecule has 0 spiro atoms. The summed E-state index contributed by atoms with van der Waals surface area (Å²) in [4.78, 5) is 9.39. The second kappa shape index (κ2) is 10.4. The van der Waals surface area contributed by atoms with Gasteiger partial charge in [-0.15, -0.1) is 0 Å². The Morgan fingerprint density at radius 2 is 1.52 bits per heavy atom. The number of aliphatic hydroxyl groups is 1. The molecule has 1 aromatic heterocycles. The average Bonchev–Trinajstić information content (AvgIpc) is 2.58. The van der Waals surface area contributed by atoms with E-state index in [4.69, 9.17) is 0 Å². The number of hydrogen-bond donors (Lipinski definition) is 1. The van der Waals surface area contributed by atoms with Crippen LogP contribution in [0.5, 0.6) is 0 Å². The van der Waals surface area contributed by atoms with Crippen LogP contribution in [0.25, 0.3) is 0 Å². The van der Waals surface area contributed by atoms with Crippen LogP contribution in [0, 0.1) is 5.92 Å². The summed E-state index contributed by atoms with van der Waals surface area (Å²) in [7, 11) is 0. The van der Waals surface area contributed by atoms with E-state index >= 15 is 0 Å². The number of aromatic nitrogens is 2. The predicted molar refractivity (Wildman–Crippen MR) is 86.3 cm³/mol. The van der Waals surface area contributed by atoms with Gasteiger partial charge in [0.1, 0.15) is 0 Å². The smallest absolute Gasteiger partial charge is 0.393 e. The molecule has 7 heteroatoms. The van der Waals surface area contributed by atoms with Gasteiger partial charge in [-0.25, -0.2) is 9.97 Å². The first-order valence-corrected chi connectivity index (χ1v) is 8.20. The molecule has 0 aromatic carbocycles. The fourth-order valence-electron chi connectivity index (χ4n) is 2.21. The van der Waals surface area contributed by atoms with Crippen molar-refractivity contribution < 1.29 is 18.3 Å². The third-order valence-electron chi connectivity index (χ3n) is 3.47. The van der Waals surface area contributed by atoms with E-state index in [1.165, 1.54) is 0 Å². The van der Waals surface area contributed by atoms with Gasteiger partial charge in [-0.3, -0.25) is 0 Å². The summed E-state index contributed by atoms with van der Waals surface area (Å²) in [6, 6.07) is 0. The van der Waals surface area contributed by atoms with Crippen molar-refractivity contribution >= 4 is 5.95 Å². The van der Waals surface area contributed by atoms with Crippen molar-refractivity contribution in [2.24, 2.45) is 5.92 Å². The van der Waals surface area contributed by atoms with Crippen molar-refractivity contribution in [3.63, 3.8) is 0 Å². The molecular weight excluding hydrogens is 307 g/mol. The molecule has 0 radical (unpaired) electrons. The largest absolute Gasteiger partial charge is 0.419 e.